The van der Waals surface area contributed by atoms with Crippen molar-refractivity contribution in [2.75, 3.05) is 13.2 Å². The summed E-state index contributed by atoms with van der Waals surface area (Å²) in [4.78, 5) is 32.3. The Balaban J connectivity index is 1.33. The van der Waals surface area contributed by atoms with Gasteiger partial charge in [0.15, 0.2) is 12.2 Å². The fourth-order valence-electron chi connectivity index (χ4n) is 5.20. The van der Waals surface area contributed by atoms with Gasteiger partial charge in [0.05, 0.1) is 13.2 Å². The fourth-order valence-corrected chi connectivity index (χ4v) is 5.20. The van der Waals surface area contributed by atoms with Crippen molar-refractivity contribution in [3.05, 3.63) is 60.2 Å². The summed E-state index contributed by atoms with van der Waals surface area (Å²) in [5, 5.41) is 20.0. The van der Waals surface area contributed by atoms with Gasteiger partial charge in [-0.05, 0) is 61.8 Å². The summed E-state index contributed by atoms with van der Waals surface area (Å²) in [6.45, 7) is 0.328. The van der Waals surface area contributed by atoms with Crippen molar-refractivity contribution in [1.82, 2.24) is 9.97 Å². The topological polar surface area (TPSA) is 119 Å². The summed E-state index contributed by atoms with van der Waals surface area (Å²) in [7, 11) is 0. The lowest BCUT2D eigenvalue weighted by Crippen LogP contribution is -2.41. The van der Waals surface area contributed by atoms with Crippen molar-refractivity contribution in [3.8, 4) is 0 Å². The molecule has 0 aromatic carbocycles. The van der Waals surface area contributed by atoms with Gasteiger partial charge in [-0.3, -0.25) is 9.97 Å². The average molecular weight is 613 g/mol. The Labute approximate surface area is 265 Å². The van der Waals surface area contributed by atoms with Crippen LogP contribution in [0.3, 0.4) is 0 Å². The zero-order valence-electron chi connectivity index (χ0n) is 26.8. The molecule has 0 saturated heterocycles. The Hall–Kier alpha value is -2.84. The molecular formula is C36H56N2O6. The Kier molecular flexibility index (Phi) is 21.6. The highest BCUT2D eigenvalue weighted by Gasteiger charge is 2.32. The number of carbonyl (C=O) groups excluding carboxylic acids is 2. The number of ether oxygens (including phenoxy) is 2. The SMILES string of the molecule is O=C(OCCCCCCCCCCCc1cccnc1)[C@H](O)[C@@H](O)C(=O)OCCCCCCCCCCCc1cccnc1. The minimum atomic E-state index is -1.93. The molecule has 0 fully saturated rings. The third-order valence-corrected chi connectivity index (χ3v) is 7.94. The number of nitrogens with zero attached hydrogens (tertiary/aromatic N) is 2. The normalized spacial score (nSPS) is 12.5. The summed E-state index contributed by atoms with van der Waals surface area (Å²) in [5.41, 5.74) is 2.61. The van der Waals surface area contributed by atoms with Crippen molar-refractivity contribution in [3.63, 3.8) is 0 Å². The van der Waals surface area contributed by atoms with Crippen LogP contribution >= 0.6 is 0 Å². The van der Waals surface area contributed by atoms with E-state index in [1.54, 1.807) is 12.4 Å². The van der Waals surface area contributed by atoms with Gasteiger partial charge in [-0.15, -0.1) is 0 Å². The molecule has 0 unspecified atom stereocenters. The molecule has 2 rings (SSSR count). The van der Waals surface area contributed by atoms with Crippen molar-refractivity contribution in [2.24, 2.45) is 0 Å². The Morgan fingerprint density at radius 2 is 0.841 bits per heavy atom. The first-order chi connectivity index (χ1) is 21.6. The lowest BCUT2D eigenvalue weighted by Gasteiger charge is -2.16. The number of aromatic nitrogens is 2. The molecule has 246 valence electrons. The highest BCUT2D eigenvalue weighted by Crippen LogP contribution is 2.13. The van der Waals surface area contributed by atoms with Crippen LogP contribution in [-0.4, -0.2) is 57.5 Å². The van der Waals surface area contributed by atoms with Crippen molar-refractivity contribution in [1.29, 1.82) is 0 Å². The first-order valence-corrected chi connectivity index (χ1v) is 17.0. The molecule has 8 heteroatoms. The van der Waals surface area contributed by atoms with E-state index in [0.717, 1.165) is 51.4 Å². The van der Waals surface area contributed by atoms with Crippen LogP contribution < -0.4 is 0 Å². The van der Waals surface area contributed by atoms with E-state index >= 15 is 0 Å². The van der Waals surface area contributed by atoms with E-state index in [4.69, 9.17) is 9.47 Å². The van der Waals surface area contributed by atoms with Gasteiger partial charge in [0, 0.05) is 24.8 Å². The maximum Gasteiger partial charge on any atom is 0.338 e. The Morgan fingerprint density at radius 1 is 0.523 bits per heavy atom. The van der Waals surface area contributed by atoms with E-state index in [1.807, 2.05) is 24.5 Å². The molecule has 2 atom stereocenters. The van der Waals surface area contributed by atoms with Crippen molar-refractivity contribution in [2.45, 2.75) is 141 Å². The summed E-state index contributed by atoms with van der Waals surface area (Å²) < 4.78 is 10.1. The van der Waals surface area contributed by atoms with Crippen LogP contribution in [0.1, 0.15) is 127 Å². The smallest absolute Gasteiger partial charge is 0.338 e. The van der Waals surface area contributed by atoms with E-state index in [1.165, 1.54) is 75.3 Å². The van der Waals surface area contributed by atoms with E-state index in [0.29, 0.717) is 12.8 Å². The molecule has 0 spiro atoms. The number of esters is 2. The second-order valence-electron chi connectivity index (χ2n) is 11.8. The number of aryl methyl sites for hydroxylation is 2. The third-order valence-electron chi connectivity index (χ3n) is 7.94. The number of carbonyl (C=O) groups is 2. The van der Waals surface area contributed by atoms with Crippen LogP contribution in [-0.2, 0) is 31.9 Å². The number of aliphatic hydroxyl groups excluding tert-OH is 2. The monoisotopic (exact) mass is 612 g/mol. The van der Waals surface area contributed by atoms with Crippen LogP contribution in [0, 0.1) is 0 Å². The molecule has 0 saturated carbocycles. The first kappa shape index (κ1) is 37.3. The molecule has 0 aliphatic rings. The predicted molar refractivity (Wildman–Crippen MR) is 173 cm³/mol. The molecule has 2 aromatic heterocycles. The molecule has 2 heterocycles. The quantitative estimate of drug-likeness (QED) is 0.0811. The predicted octanol–water partition coefficient (Wildman–Crippen LogP) is 7.09. The number of aliphatic hydroxyl groups is 2. The van der Waals surface area contributed by atoms with Crippen LogP contribution in [0.15, 0.2) is 49.1 Å². The molecule has 0 radical (unpaired) electrons. The number of hydrogen-bond donors (Lipinski definition) is 2. The molecule has 0 amide bonds. The van der Waals surface area contributed by atoms with Gasteiger partial charge in [-0.25, -0.2) is 9.59 Å². The zero-order chi connectivity index (χ0) is 31.5. The molecule has 0 bridgehead atoms. The van der Waals surface area contributed by atoms with E-state index < -0.39 is 24.1 Å². The molecule has 2 aromatic rings. The van der Waals surface area contributed by atoms with Crippen molar-refractivity contribution < 1.29 is 29.3 Å². The van der Waals surface area contributed by atoms with Gasteiger partial charge in [0.1, 0.15) is 0 Å². The van der Waals surface area contributed by atoms with Gasteiger partial charge >= 0.3 is 11.9 Å². The zero-order valence-corrected chi connectivity index (χ0v) is 26.8. The molecule has 0 aliphatic carbocycles. The minimum absolute atomic E-state index is 0.164. The van der Waals surface area contributed by atoms with Crippen LogP contribution in [0.25, 0.3) is 0 Å². The largest absolute Gasteiger partial charge is 0.464 e. The van der Waals surface area contributed by atoms with E-state index in [2.05, 4.69) is 22.1 Å². The Bertz CT molecular complexity index is 896. The molecule has 2 N–H and O–H groups in total. The molecule has 0 aliphatic heterocycles. The average Bonchev–Trinajstić information content (AvgIpc) is 3.05. The fraction of sp³-hybridized carbons (Fsp3) is 0.667. The highest BCUT2D eigenvalue weighted by atomic mass is 16.6. The second kappa shape index (κ2) is 25.5. The van der Waals surface area contributed by atoms with Gasteiger partial charge in [-0.2, -0.15) is 0 Å². The number of pyridine rings is 2. The summed E-state index contributed by atoms with van der Waals surface area (Å²) in [6, 6.07) is 8.22. The standard InChI is InChI=1S/C36H56N2O6/c39-33(35(41)43-27-17-13-9-5-1-3-7-11-15-21-31-23-19-25-37-29-31)34(40)36(42)44-28-18-14-10-6-2-4-8-12-16-22-32-24-20-26-38-30-32/h19-20,23-26,29-30,33-34,39-40H,1-18,21-22,27-28H2/t33-,34-/m1/s1. The minimum Gasteiger partial charge on any atom is -0.464 e. The maximum atomic E-state index is 12.0. The summed E-state index contributed by atoms with van der Waals surface area (Å²) >= 11 is 0. The third kappa shape index (κ3) is 18.7. The van der Waals surface area contributed by atoms with Gasteiger partial charge in [0.2, 0.25) is 0 Å². The van der Waals surface area contributed by atoms with E-state index in [-0.39, 0.29) is 13.2 Å². The summed E-state index contributed by atoms with van der Waals surface area (Å²) in [5.74, 6) is -1.98. The van der Waals surface area contributed by atoms with Gasteiger partial charge < -0.3 is 19.7 Å². The number of rotatable bonds is 27. The van der Waals surface area contributed by atoms with Crippen LogP contribution in [0.4, 0.5) is 0 Å². The first-order valence-electron chi connectivity index (χ1n) is 17.0. The number of hydrogen-bond acceptors (Lipinski definition) is 8. The van der Waals surface area contributed by atoms with Crippen LogP contribution in [0.5, 0.6) is 0 Å². The molecule has 8 nitrogen and oxygen atoms in total. The summed E-state index contributed by atoms with van der Waals surface area (Å²) in [6.07, 6.45) is 25.7. The highest BCUT2D eigenvalue weighted by molar-refractivity contribution is 5.85. The number of unbranched alkanes of at least 4 members (excludes halogenated alkanes) is 16. The van der Waals surface area contributed by atoms with Gasteiger partial charge in [-0.1, -0.05) is 102 Å². The maximum absolute atomic E-state index is 12.0. The lowest BCUT2D eigenvalue weighted by molar-refractivity contribution is -0.173. The Morgan fingerprint density at radius 3 is 1.16 bits per heavy atom. The van der Waals surface area contributed by atoms with Crippen molar-refractivity contribution >= 4 is 11.9 Å². The lowest BCUT2D eigenvalue weighted by atomic mass is 10.0. The van der Waals surface area contributed by atoms with E-state index in [9.17, 15) is 19.8 Å². The van der Waals surface area contributed by atoms with Gasteiger partial charge in [0.25, 0.3) is 0 Å². The molecular weight excluding hydrogens is 556 g/mol. The molecule has 44 heavy (non-hydrogen) atoms. The second-order valence-corrected chi connectivity index (χ2v) is 11.8. The van der Waals surface area contributed by atoms with Crippen LogP contribution in [0.2, 0.25) is 0 Å².